The molecule has 1 N–H and O–H groups in total. The minimum Gasteiger partial charge on any atom is -0.454 e. The number of rotatable bonds is 5. The number of nitrogens with zero attached hydrogens (tertiary/aromatic N) is 4. The number of nitrogens with one attached hydrogen (secondary N) is 1. The number of aromatic amines is 1. The molecule has 1 amide bonds. The van der Waals surface area contributed by atoms with Crippen molar-refractivity contribution in [1.82, 2.24) is 25.5 Å². The fourth-order valence-corrected chi connectivity index (χ4v) is 3.90. The molecule has 0 unspecified atom stereocenters. The van der Waals surface area contributed by atoms with E-state index in [0.717, 1.165) is 29.9 Å². The molecule has 8 nitrogen and oxygen atoms in total. The van der Waals surface area contributed by atoms with Crippen LogP contribution in [0.3, 0.4) is 0 Å². The summed E-state index contributed by atoms with van der Waals surface area (Å²) in [5.41, 5.74) is 0.276. The van der Waals surface area contributed by atoms with Gasteiger partial charge in [-0.05, 0) is 31.7 Å². The van der Waals surface area contributed by atoms with Gasteiger partial charge in [0.1, 0.15) is 5.41 Å². The average molecular weight is 343 g/mol. The molecule has 4 rings (SSSR count). The Hall–Kier alpha value is -2.64. The van der Waals surface area contributed by atoms with Crippen molar-refractivity contribution in [2.45, 2.75) is 38.6 Å². The molecule has 1 aliphatic heterocycles. The van der Waals surface area contributed by atoms with Gasteiger partial charge in [-0.2, -0.15) is 5.21 Å². The molecule has 2 aliphatic rings. The van der Waals surface area contributed by atoms with Gasteiger partial charge in [0.2, 0.25) is 12.7 Å². The number of fused-ring (bicyclic) bond motifs is 1. The maximum atomic E-state index is 13.4. The monoisotopic (exact) mass is 343 g/mol. The van der Waals surface area contributed by atoms with E-state index in [2.05, 4.69) is 27.5 Å². The van der Waals surface area contributed by atoms with Crippen LogP contribution in [0.4, 0.5) is 0 Å². The maximum absolute atomic E-state index is 13.4. The highest BCUT2D eigenvalue weighted by molar-refractivity contribution is 5.88. The number of H-pyrrole nitrogens is 1. The zero-order chi connectivity index (χ0) is 17.4. The van der Waals surface area contributed by atoms with Crippen LogP contribution in [0.25, 0.3) is 0 Å². The van der Waals surface area contributed by atoms with Gasteiger partial charge in [-0.25, -0.2) is 0 Å². The number of hydrogen-bond donors (Lipinski definition) is 1. The van der Waals surface area contributed by atoms with Crippen LogP contribution in [0.1, 0.15) is 38.1 Å². The van der Waals surface area contributed by atoms with Gasteiger partial charge in [-0.1, -0.05) is 24.3 Å². The van der Waals surface area contributed by atoms with E-state index in [0.29, 0.717) is 24.8 Å². The Labute approximate surface area is 145 Å². The average Bonchev–Trinajstić information content (AvgIpc) is 3.27. The molecular formula is C17H21N5O3. The molecule has 0 spiro atoms. The second-order valence-corrected chi connectivity index (χ2v) is 6.80. The summed E-state index contributed by atoms with van der Waals surface area (Å²) < 4.78 is 11.0. The van der Waals surface area contributed by atoms with Crippen molar-refractivity contribution in [2.75, 3.05) is 13.3 Å². The first kappa shape index (κ1) is 15.9. The summed E-state index contributed by atoms with van der Waals surface area (Å²) in [4.78, 5) is 15.2. The van der Waals surface area contributed by atoms with E-state index in [-0.39, 0.29) is 12.7 Å². The van der Waals surface area contributed by atoms with Crippen molar-refractivity contribution in [3.63, 3.8) is 0 Å². The van der Waals surface area contributed by atoms with Gasteiger partial charge >= 0.3 is 0 Å². The minimum atomic E-state index is -0.669. The van der Waals surface area contributed by atoms with Gasteiger partial charge in [0.15, 0.2) is 17.3 Å². The molecule has 2 heterocycles. The lowest BCUT2D eigenvalue weighted by molar-refractivity contribution is -0.143. The predicted octanol–water partition coefficient (Wildman–Crippen LogP) is 1.64. The normalized spacial score (nSPS) is 24.0. The number of carbonyl (C=O) groups is 1. The summed E-state index contributed by atoms with van der Waals surface area (Å²) >= 11 is 0. The molecule has 0 atom stereocenters. The highest BCUT2D eigenvalue weighted by Crippen LogP contribution is 2.47. The summed E-state index contributed by atoms with van der Waals surface area (Å²) in [5, 5.41) is 14.3. The number of tetrazole rings is 1. The molecule has 1 aliphatic carbocycles. The van der Waals surface area contributed by atoms with E-state index >= 15 is 0 Å². The fraction of sp³-hybridized carbons (Fsp3) is 0.529. The lowest BCUT2D eigenvalue weighted by Crippen LogP contribution is -2.54. The zero-order valence-electron chi connectivity index (χ0n) is 14.4. The van der Waals surface area contributed by atoms with Crippen LogP contribution >= 0.6 is 0 Å². The first-order valence-electron chi connectivity index (χ1n) is 8.55. The van der Waals surface area contributed by atoms with Crippen molar-refractivity contribution in [1.29, 1.82) is 0 Å². The molecule has 0 saturated heterocycles. The Morgan fingerprint density at radius 1 is 1.40 bits per heavy atom. The van der Waals surface area contributed by atoms with Gasteiger partial charge in [0.05, 0.1) is 0 Å². The number of ether oxygens (including phenoxy) is 2. The summed E-state index contributed by atoms with van der Waals surface area (Å²) in [6.45, 7) is 5.39. The number of amides is 1. The molecular weight excluding hydrogens is 322 g/mol. The Kier molecular flexibility index (Phi) is 3.82. The lowest BCUT2D eigenvalue weighted by Gasteiger charge is -2.45. The Balaban J connectivity index is 1.61. The second kappa shape index (κ2) is 6.02. The Morgan fingerprint density at radius 3 is 2.92 bits per heavy atom. The number of aromatic nitrogens is 4. The first-order valence-corrected chi connectivity index (χ1v) is 8.55. The van der Waals surface area contributed by atoms with Crippen molar-refractivity contribution in [3.8, 4) is 11.5 Å². The molecule has 1 saturated carbocycles. The first-order chi connectivity index (χ1) is 12.1. The van der Waals surface area contributed by atoms with Crippen LogP contribution in [0.15, 0.2) is 18.2 Å². The summed E-state index contributed by atoms with van der Waals surface area (Å²) in [5.74, 6) is 2.47. The van der Waals surface area contributed by atoms with Crippen molar-refractivity contribution in [2.24, 2.45) is 5.92 Å². The molecule has 1 aromatic heterocycles. The number of hydrogen-bond acceptors (Lipinski definition) is 6. The number of carbonyl (C=O) groups excluding carboxylic acids is 1. The van der Waals surface area contributed by atoms with Crippen LogP contribution in [-0.4, -0.2) is 44.8 Å². The van der Waals surface area contributed by atoms with Crippen LogP contribution in [0, 0.1) is 5.92 Å². The molecule has 1 aromatic carbocycles. The molecule has 2 aromatic rings. The van der Waals surface area contributed by atoms with Gasteiger partial charge in [0, 0.05) is 18.7 Å². The summed E-state index contributed by atoms with van der Waals surface area (Å²) in [7, 11) is 0. The third kappa shape index (κ3) is 2.52. The minimum absolute atomic E-state index is 0.0472. The predicted molar refractivity (Wildman–Crippen MR) is 87.9 cm³/mol. The molecule has 8 heteroatoms. The lowest BCUT2D eigenvalue weighted by atomic mass is 9.61. The molecule has 132 valence electrons. The molecule has 1 fully saturated rings. The number of likely N-dealkylation sites (N-methyl/N-ethyl adjacent to an activating group) is 1. The van der Waals surface area contributed by atoms with E-state index in [9.17, 15) is 4.79 Å². The van der Waals surface area contributed by atoms with E-state index in [1.165, 1.54) is 0 Å². The Morgan fingerprint density at radius 2 is 2.24 bits per heavy atom. The zero-order valence-corrected chi connectivity index (χ0v) is 14.4. The second-order valence-electron chi connectivity index (χ2n) is 6.80. The molecule has 0 bridgehead atoms. The SMILES string of the molecule is CCN(Cc1cccc2c1OCO2)C(=O)C1(c2nn[nH]n2)CC(C)C1. The standard InChI is InChI=1S/C17H21N5O3/c1-3-22(9-12-5-4-6-13-14(12)25-10-24-13)16(23)17(7-11(2)8-17)15-18-20-21-19-15/h4-6,11H,3,7-10H2,1-2H3,(H,18,19,20,21). The number of para-hydroxylation sites is 1. The van der Waals surface area contributed by atoms with Gasteiger partial charge in [-0.3, -0.25) is 4.79 Å². The Bertz CT molecular complexity index is 771. The highest BCUT2D eigenvalue weighted by Gasteiger charge is 2.54. The topological polar surface area (TPSA) is 93.2 Å². The molecule has 25 heavy (non-hydrogen) atoms. The van der Waals surface area contributed by atoms with E-state index < -0.39 is 5.41 Å². The highest BCUT2D eigenvalue weighted by atomic mass is 16.7. The maximum Gasteiger partial charge on any atom is 0.236 e. The van der Waals surface area contributed by atoms with Crippen LogP contribution in [0.5, 0.6) is 11.5 Å². The smallest absolute Gasteiger partial charge is 0.236 e. The van der Waals surface area contributed by atoms with Crippen LogP contribution in [-0.2, 0) is 16.8 Å². The van der Waals surface area contributed by atoms with Gasteiger partial charge < -0.3 is 14.4 Å². The largest absolute Gasteiger partial charge is 0.454 e. The van der Waals surface area contributed by atoms with Gasteiger partial charge in [0.25, 0.3) is 0 Å². The van der Waals surface area contributed by atoms with Crippen LogP contribution < -0.4 is 9.47 Å². The van der Waals surface area contributed by atoms with Crippen molar-refractivity contribution < 1.29 is 14.3 Å². The summed E-state index contributed by atoms with van der Waals surface area (Å²) in [6.07, 6.45) is 1.49. The van der Waals surface area contributed by atoms with E-state index in [1.54, 1.807) is 0 Å². The van der Waals surface area contributed by atoms with Crippen molar-refractivity contribution in [3.05, 3.63) is 29.6 Å². The van der Waals surface area contributed by atoms with E-state index in [4.69, 9.17) is 9.47 Å². The third-order valence-electron chi connectivity index (χ3n) is 5.08. The van der Waals surface area contributed by atoms with Crippen LogP contribution in [0.2, 0.25) is 0 Å². The summed E-state index contributed by atoms with van der Waals surface area (Å²) in [6, 6.07) is 5.76. The number of benzene rings is 1. The fourth-order valence-electron chi connectivity index (χ4n) is 3.90. The quantitative estimate of drug-likeness (QED) is 0.887. The third-order valence-corrected chi connectivity index (χ3v) is 5.08. The van der Waals surface area contributed by atoms with Gasteiger partial charge in [-0.15, -0.1) is 10.2 Å². The van der Waals surface area contributed by atoms with E-state index in [1.807, 2.05) is 30.0 Å². The van der Waals surface area contributed by atoms with Crippen molar-refractivity contribution >= 4 is 5.91 Å². The molecule has 0 radical (unpaired) electrons.